The molecule has 1 fully saturated rings. The molecule has 0 bridgehead atoms. The van der Waals surface area contributed by atoms with Crippen LogP contribution in [0.15, 0.2) is 42.6 Å². The van der Waals surface area contributed by atoms with E-state index in [2.05, 4.69) is 10.3 Å². The van der Waals surface area contributed by atoms with Crippen LogP contribution in [0.25, 0.3) is 0 Å². The van der Waals surface area contributed by atoms with Gasteiger partial charge in [0.2, 0.25) is 5.91 Å². The van der Waals surface area contributed by atoms with Crippen LogP contribution in [-0.4, -0.2) is 35.1 Å². The zero-order chi connectivity index (χ0) is 18.5. The van der Waals surface area contributed by atoms with Crippen molar-refractivity contribution in [1.82, 2.24) is 4.98 Å². The van der Waals surface area contributed by atoms with E-state index in [4.69, 9.17) is 0 Å². The third-order valence-corrected chi connectivity index (χ3v) is 4.60. The van der Waals surface area contributed by atoms with Crippen LogP contribution < -0.4 is 10.2 Å². The van der Waals surface area contributed by atoms with E-state index in [1.165, 1.54) is 0 Å². The van der Waals surface area contributed by atoms with Crippen LogP contribution in [-0.2, 0) is 16.0 Å². The number of hydrogen-bond acceptors (Lipinski definition) is 4. The lowest BCUT2D eigenvalue weighted by atomic mass is 9.98. The Balaban J connectivity index is 1.59. The molecule has 1 atom stereocenters. The molecule has 1 saturated heterocycles. The minimum Gasteiger partial charge on any atom is -0.481 e. The summed E-state index contributed by atoms with van der Waals surface area (Å²) >= 11 is 0. The lowest BCUT2D eigenvalue weighted by Crippen LogP contribution is -2.38. The molecule has 0 spiro atoms. The molecule has 6 nitrogen and oxygen atoms in total. The molecule has 26 heavy (non-hydrogen) atoms. The lowest BCUT2D eigenvalue weighted by molar-refractivity contribution is -0.142. The van der Waals surface area contributed by atoms with E-state index in [1.807, 2.05) is 42.2 Å². The molecule has 1 aliphatic heterocycles. The van der Waals surface area contributed by atoms with E-state index in [9.17, 15) is 14.7 Å². The Morgan fingerprint density at radius 2 is 2.15 bits per heavy atom. The molecule has 1 unspecified atom stereocenters. The Kier molecular flexibility index (Phi) is 5.51. The van der Waals surface area contributed by atoms with Gasteiger partial charge in [0.25, 0.3) is 0 Å². The number of pyridine rings is 1. The summed E-state index contributed by atoms with van der Waals surface area (Å²) in [5.74, 6) is -0.696. The summed E-state index contributed by atoms with van der Waals surface area (Å²) in [5.41, 5.74) is 2.97. The molecule has 1 aromatic carbocycles. The molecule has 0 aliphatic carbocycles. The van der Waals surface area contributed by atoms with Gasteiger partial charge in [-0.2, -0.15) is 0 Å². The molecule has 1 aromatic heterocycles. The largest absolute Gasteiger partial charge is 0.481 e. The minimum atomic E-state index is -0.748. The second-order valence-corrected chi connectivity index (χ2v) is 6.74. The van der Waals surface area contributed by atoms with Crippen molar-refractivity contribution in [1.29, 1.82) is 0 Å². The molecule has 6 heteroatoms. The van der Waals surface area contributed by atoms with Crippen molar-refractivity contribution < 1.29 is 14.7 Å². The fourth-order valence-corrected chi connectivity index (χ4v) is 3.25. The van der Waals surface area contributed by atoms with Gasteiger partial charge >= 0.3 is 5.97 Å². The van der Waals surface area contributed by atoms with Crippen LogP contribution in [0.2, 0.25) is 0 Å². The fraction of sp³-hybridized carbons (Fsp3) is 0.350. The first kappa shape index (κ1) is 17.9. The molecule has 2 aromatic rings. The summed E-state index contributed by atoms with van der Waals surface area (Å²) in [6.45, 7) is 3.32. The van der Waals surface area contributed by atoms with Gasteiger partial charge in [-0.1, -0.05) is 29.8 Å². The predicted molar refractivity (Wildman–Crippen MR) is 100 cm³/mol. The molecular formula is C20H23N3O3. The number of carboxylic acids is 1. The van der Waals surface area contributed by atoms with Crippen molar-refractivity contribution in [3.8, 4) is 0 Å². The maximum atomic E-state index is 12.2. The fourth-order valence-electron chi connectivity index (χ4n) is 3.25. The van der Waals surface area contributed by atoms with Crippen LogP contribution in [0.1, 0.15) is 24.0 Å². The van der Waals surface area contributed by atoms with Gasteiger partial charge in [-0.05, 0) is 37.5 Å². The average molecular weight is 353 g/mol. The number of rotatable bonds is 5. The van der Waals surface area contributed by atoms with Crippen molar-refractivity contribution in [2.75, 3.05) is 23.3 Å². The van der Waals surface area contributed by atoms with Gasteiger partial charge in [0, 0.05) is 13.1 Å². The third-order valence-electron chi connectivity index (χ3n) is 4.60. The molecular weight excluding hydrogens is 330 g/mol. The van der Waals surface area contributed by atoms with Crippen molar-refractivity contribution in [3.63, 3.8) is 0 Å². The van der Waals surface area contributed by atoms with E-state index in [0.717, 1.165) is 29.8 Å². The van der Waals surface area contributed by atoms with Crippen LogP contribution in [0.5, 0.6) is 0 Å². The molecule has 2 heterocycles. The smallest absolute Gasteiger partial charge is 0.308 e. The first-order valence-electron chi connectivity index (χ1n) is 8.80. The second-order valence-electron chi connectivity index (χ2n) is 6.74. The number of piperidine rings is 1. The zero-order valence-corrected chi connectivity index (χ0v) is 14.8. The first-order chi connectivity index (χ1) is 12.5. The number of amides is 1. The summed E-state index contributed by atoms with van der Waals surface area (Å²) in [4.78, 5) is 29.7. The molecule has 3 rings (SSSR count). The number of carboxylic acid groups (broad SMARTS) is 1. The van der Waals surface area contributed by atoms with Crippen molar-refractivity contribution in [3.05, 3.63) is 53.7 Å². The van der Waals surface area contributed by atoms with E-state index in [1.54, 1.807) is 12.3 Å². The number of aromatic nitrogens is 1. The number of anilines is 2. The summed E-state index contributed by atoms with van der Waals surface area (Å²) in [6.07, 6.45) is 3.56. The normalized spacial score (nSPS) is 17.0. The van der Waals surface area contributed by atoms with Crippen LogP contribution in [0.3, 0.4) is 0 Å². The number of benzene rings is 1. The Morgan fingerprint density at radius 1 is 1.31 bits per heavy atom. The number of carbonyl (C=O) groups is 2. The van der Waals surface area contributed by atoms with Crippen LogP contribution in [0.4, 0.5) is 11.5 Å². The van der Waals surface area contributed by atoms with E-state index >= 15 is 0 Å². The molecule has 2 N–H and O–H groups in total. The summed E-state index contributed by atoms with van der Waals surface area (Å²) < 4.78 is 0. The number of hydrogen-bond donors (Lipinski definition) is 2. The van der Waals surface area contributed by atoms with Gasteiger partial charge in [-0.15, -0.1) is 0 Å². The monoisotopic (exact) mass is 353 g/mol. The van der Waals surface area contributed by atoms with E-state index in [0.29, 0.717) is 25.2 Å². The first-order valence-corrected chi connectivity index (χ1v) is 8.80. The highest BCUT2D eigenvalue weighted by molar-refractivity contribution is 5.91. The quantitative estimate of drug-likeness (QED) is 0.864. The van der Waals surface area contributed by atoms with Crippen LogP contribution >= 0.6 is 0 Å². The number of aliphatic carboxylic acids is 1. The molecule has 0 radical (unpaired) electrons. The maximum absolute atomic E-state index is 12.2. The molecule has 136 valence electrons. The Hall–Kier alpha value is -2.89. The summed E-state index contributed by atoms with van der Waals surface area (Å²) in [6, 6.07) is 11.5. The van der Waals surface area contributed by atoms with Crippen molar-refractivity contribution in [2.24, 2.45) is 5.92 Å². The van der Waals surface area contributed by atoms with Gasteiger partial charge in [-0.3, -0.25) is 9.59 Å². The zero-order valence-electron chi connectivity index (χ0n) is 14.8. The van der Waals surface area contributed by atoms with Crippen LogP contribution in [0, 0.1) is 12.8 Å². The summed E-state index contributed by atoms with van der Waals surface area (Å²) in [7, 11) is 0. The minimum absolute atomic E-state index is 0.111. The van der Waals surface area contributed by atoms with Gasteiger partial charge < -0.3 is 15.3 Å². The topological polar surface area (TPSA) is 82.5 Å². The standard InChI is InChI=1S/C20H23N3O3/c1-14-4-2-5-15(10-14)11-19(24)22-18-8-7-17(12-21-18)23-9-3-6-16(13-23)20(25)26/h2,4-5,7-8,10,12,16H,3,6,9,11,13H2,1H3,(H,25,26)(H,21,22,24). The van der Waals surface area contributed by atoms with Gasteiger partial charge in [0.05, 0.1) is 24.2 Å². The van der Waals surface area contributed by atoms with Gasteiger partial charge in [0.1, 0.15) is 5.82 Å². The second kappa shape index (κ2) is 7.99. The van der Waals surface area contributed by atoms with Gasteiger partial charge in [-0.25, -0.2) is 4.98 Å². The maximum Gasteiger partial charge on any atom is 0.308 e. The average Bonchev–Trinajstić information content (AvgIpc) is 2.62. The SMILES string of the molecule is Cc1cccc(CC(=O)Nc2ccc(N3CCCC(C(=O)O)C3)cn2)c1. The highest BCUT2D eigenvalue weighted by Gasteiger charge is 2.25. The molecule has 1 aliphatic rings. The van der Waals surface area contributed by atoms with Gasteiger partial charge in [0.15, 0.2) is 0 Å². The highest BCUT2D eigenvalue weighted by Crippen LogP contribution is 2.23. The predicted octanol–water partition coefficient (Wildman–Crippen LogP) is 2.87. The van der Waals surface area contributed by atoms with Crippen molar-refractivity contribution >= 4 is 23.4 Å². The Morgan fingerprint density at radius 3 is 2.85 bits per heavy atom. The number of carbonyl (C=O) groups excluding carboxylic acids is 1. The third kappa shape index (κ3) is 4.59. The van der Waals surface area contributed by atoms with E-state index < -0.39 is 5.97 Å². The summed E-state index contributed by atoms with van der Waals surface area (Å²) in [5, 5.41) is 12.0. The Labute approximate surface area is 152 Å². The van der Waals surface area contributed by atoms with Crippen molar-refractivity contribution in [2.45, 2.75) is 26.2 Å². The lowest BCUT2D eigenvalue weighted by Gasteiger charge is -2.32. The number of aryl methyl sites for hydroxylation is 1. The van der Waals surface area contributed by atoms with E-state index in [-0.39, 0.29) is 11.8 Å². The Bertz CT molecular complexity index is 789. The highest BCUT2D eigenvalue weighted by atomic mass is 16.4. The molecule has 1 amide bonds. The number of nitrogens with one attached hydrogen (secondary N) is 1. The number of nitrogens with zero attached hydrogens (tertiary/aromatic N) is 2. The molecule has 0 saturated carbocycles.